The lowest BCUT2D eigenvalue weighted by molar-refractivity contribution is 0.101. The van der Waals surface area contributed by atoms with Gasteiger partial charge in [-0.3, -0.25) is 53.3 Å². The van der Waals surface area contributed by atoms with E-state index >= 15 is 0 Å². The topological polar surface area (TPSA) is 375 Å². The number of carbonyl (C=O) groups is 4. The van der Waals surface area contributed by atoms with Crippen LogP contribution in [0.3, 0.4) is 0 Å². The van der Waals surface area contributed by atoms with Gasteiger partial charge in [0.05, 0.1) is 29.5 Å². The Bertz CT molecular complexity index is 5360. The summed E-state index contributed by atoms with van der Waals surface area (Å²) in [7, 11) is 3.55. The van der Waals surface area contributed by atoms with Gasteiger partial charge >= 0.3 is 0 Å². The minimum absolute atomic E-state index is 0.161. The number of nitrogens with one attached hydrogen (secondary N) is 10. The first-order chi connectivity index (χ1) is 57.5. The van der Waals surface area contributed by atoms with E-state index in [1.165, 1.54) is 77.0 Å². The first-order valence-corrected chi connectivity index (χ1v) is 39.8. The van der Waals surface area contributed by atoms with E-state index < -0.39 is 0 Å². The summed E-state index contributed by atoms with van der Waals surface area (Å²) < 4.78 is 0. The Morgan fingerprint density at radius 3 is 1.01 bits per heavy atom. The summed E-state index contributed by atoms with van der Waals surface area (Å²) in [6.07, 6.45) is 29.2. The van der Waals surface area contributed by atoms with Gasteiger partial charge in [-0.15, -0.1) is 0 Å². The zero-order valence-electron chi connectivity index (χ0n) is 66.2. The molecule has 0 aliphatic carbocycles. The fourth-order valence-electron chi connectivity index (χ4n) is 14.3. The summed E-state index contributed by atoms with van der Waals surface area (Å²) in [4.78, 5) is 141. The van der Waals surface area contributed by atoms with Crippen LogP contribution >= 0.6 is 0 Å². The molecule has 4 aliphatic rings. The second kappa shape index (κ2) is 39.6. The maximum atomic E-state index is 12.7. The largest absolute Gasteiger partial charge is 0.399 e. The van der Waals surface area contributed by atoms with Crippen molar-refractivity contribution in [1.29, 1.82) is 0 Å². The number of anilines is 11. The minimum Gasteiger partial charge on any atom is -0.399 e. The zero-order valence-corrected chi connectivity index (χ0v) is 66.2. The molecule has 28 heteroatoms. The molecule has 12 aromatic rings. The Morgan fingerprint density at radius 1 is 0.339 bits per heavy atom. The van der Waals surface area contributed by atoms with Gasteiger partial charge in [0, 0.05) is 183 Å². The molecule has 8 aromatic heterocycles. The number of carbonyl (C=O) groups excluding carboxylic acids is 4. The van der Waals surface area contributed by atoms with Crippen molar-refractivity contribution < 1.29 is 19.2 Å². The van der Waals surface area contributed by atoms with E-state index in [1.54, 1.807) is 155 Å². The van der Waals surface area contributed by atoms with Crippen LogP contribution in [0.25, 0.3) is 44.9 Å². The molecular weight excluding hydrogens is 1490 g/mol. The molecule has 28 nitrogen and oxygen atoms in total. The molecule has 12 N–H and O–H groups in total. The van der Waals surface area contributed by atoms with Gasteiger partial charge in [-0.25, -0.2) is 9.97 Å². The molecule has 4 aromatic carbocycles. The number of aromatic amines is 4. The monoisotopic (exact) mass is 1580 g/mol. The van der Waals surface area contributed by atoms with Crippen LogP contribution in [0.15, 0.2) is 233 Å². The van der Waals surface area contributed by atoms with Crippen molar-refractivity contribution in [2.75, 3.05) is 124 Å². The maximum Gasteiger partial charge on any atom is 0.271 e. The maximum absolute atomic E-state index is 12.7. The van der Waals surface area contributed by atoms with E-state index in [0.717, 1.165) is 109 Å². The number of piperidine rings is 4. The molecular formula is C90H96N20O8. The van der Waals surface area contributed by atoms with Crippen molar-refractivity contribution in [1.82, 2.24) is 44.9 Å². The van der Waals surface area contributed by atoms with Crippen LogP contribution in [-0.2, 0) is 0 Å². The Balaban J connectivity index is 0.000000136. The Labute approximate surface area is 682 Å². The fourth-order valence-corrected chi connectivity index (χ4v) is 14.3. The highest BCUT2D eigenvalue weighted by Crippen LogP contribution is 2.29. The molecule has 4 amide bonds. The summed E-state index contributed by atoms with van der Waals surface area (Å²) >= 11 is 0. The first kappa shape index (κ1) is 81.7. The second-order valence-electron chi connectivity index (χ2n) is 29.1. The van der Waals surface area contributed by atoms with Crippen molar-refractivity contribution in [2.24, 2.45) is 0 Å². The number of hydrogen-bond acceptors (Lipinski definition) is 20. The van der Waals surface area contributed by atoms with Crippen molar-refractivity contribution >= 4 is 86.5 Å². The third-order valence-electron chi connectivity index (χ3n) is 20.8. The van der Waals surface area contributed by atoms with Gasteiger partial charge in [-0.2, -0.15) is 0 Å². The van der Waals surface area contributed by atoms with Crippen molar-refractivity contribution in [3.8, 4) is 44.9 Å². The third kappa shape index (κ3) is 21.8. The second-order valence-corrected chi connectivity index (χ2v) is 29.1. The third-order valence-corrected chi connectivity index (χ3v) is 20.8. The number of aryl methyl sites for hydroxylation is 1. The standard InChI is InChI=1S/C23H25N5O2.C23H24N4O2.C22H24N6O2.C22H23N5O2/c1-24-21-14-17(9-10-25-21)18-13-20(23(30)26-15-18)27-22(29)16-5-7-19(8-6-16)28-11-3-2-4-12-28;1-16-9-10-24-20(13-16)18-14-21(23(29)25-15-18)26-22(28)17-5-7-19(8-6-17)27-11-3-2-4-12-27;1-23-20-14-24-13-19(26-20)16-11-18(22(30)25-12-16)27-21(29)15-5-7-17(8-6-15)28-9-3-2-4-10-28;23-17-8-9-24-19(13-17)16-12-20(22(29)25-14-16)26-21(28)15-4-6-18(7-5-15)27-10-2-1-3-11-27/h5-10,13-15H,2-4,11-12H2,1H3,(H,24,25)(H,26,30)(H,27,29);5-10,13-15H,2-4,11-12H2,1H3,(H,25,29)(H,26,28);5-8,11-14H,2-4,9-10H2,1H3,(H,23,26)(H,25,30)(H,27,29);4-9,12-14H,1-3,10-11H2,(H2,23,24)(H,25,29)(H,26,28). The average molecular weight is 1590 g/mol. The molecule has 0 radical (unpaired) electrons. The molecule has 4 aliphatic heterocycles. The Kier molecular flexibility index (Phi) is 27.4. The predicted molar refractivity (Wildman–Crippen MR) is 469 cm³/mol. The lowest BCUT2D eigenvalue weighted by atomic mass is 10.1. The highest BCUT2D eigenvalue weighted by Gasteiger charge is 2.21. The number of nitrogens with two attached hydrogens (primary N) is 1. The molecule has 0 bridgehead atoms. The molecule has 0 atom stereocenters. The SMILES string of the molecule is CNc1cc(-c2c[nH]c(=O)c(NC(=O)c3ccc(N4CCCCC4)cc3)c2)ccn1.CNc1cncc(-c2c[nH]c(=O)c(NC(=O)c3ccc(N4CCCCC4)cc3)c2)n1.Cc1ccnc(-c2c[nH]c(=O)c(NC(=O)c3ccc(N4CCCCC4)cc3)c2)c1.Nc1ccnc(-c2c[nH]c(=O)c(NC(=O)c3ccc(N4CCCCC4)cc3)c2)c1. The number of aromatic nitrogens is 9. The van der Waals surface area contributed by atoms with Crippen LogP contribution in [0.2, 0.25) is 0 Å². The normalized spacial score (nSPS) is 13.8. The number of hydrogen-bond donors (Lipinski definition) is 11. The quantitative estimate of drug-likeness (QED) is 0.0380. The fraction of sp³-hybridized carbons (Fsp3) is 0.256. The molecule has 604 valence electrons. The van der Waals surface area contributed by atoms with Gasteiger partial charge in [-0.1, -0.05) is 0 Å². The van der Waals surface area contributed by atoms with Crippen molar-refractivity contribution in [2.45, 2.75) is 84.0 Å². The summed E-state index contributed by atoms with van der Waals surface area (Å²) in [5.41, 5.74) is 18.9. The van der Waals surface area contributed by atoms with Crippen molar-refractivity contribution in [3.05, 3.63) is 283 Å². The molecule has 4 fully saturated rings. The van der Waals surface area contributed by atoms with E-state index in [1.807, 2.05) is 79.7 Å². The number of amides is 4. The van der Waals surface area contributed by atoms with E-state index in [2.05, 4.69) is 96.4 Å². The van der Waals surface area contributed by atoms with Crippen LogP contribution in [0.1, 0.15) is 124 Å². The summed E-state index contributed by atoms with van der Waals surface area (Å²) in [6.45, 7) is 10.4. The van der Waals surface area contributed by atoms with Crippen molar-refractivity contribution in [3.63, 3.8) is 0 Å². The number of nitrogens with zero attached hydrogens (tertiary/aromatic N) is 9. The van der Waals surface area contributed by atoms with Crippen LogP contribution < -0.4 is 79.5 Å². The van der Waals surface area contributed by atoms with E-state index in [4.69, 9.17) is 5.73 Å². The van der Waals surface area contributed by atoms with Gasteiger partial charge in [-0.05, 0) is 253 Å². The van der Waals surface area contributed by atoms with Gasteiger partial charge in [0.2, 0.25) is 0 Å². The van der Waals surface area contributed by atoms with Crippen LogP contribution in [0.4, 0.5) is 62.8 Å². The van der Waals surface area contributed by atoms with E-state index in [9.17, 15) is 38.4 Å². The average Bonchev–Trinajstić information content (AvgIpc) is 0.837. The highest BCUT2D eigenvalue weighted by atomic mass is 16.2. The predicted octanol–water partition coefficient (Wildman–Crippen LogP) is 14.1. The lowest BCUT2D eigenvalue weighted by Crippen LogP contribution is -2.29. The van der Waals surface area contributed by atoms with E-state index in [0.29, 0.717) is 56.3 Å². The number of nitrogen functional groups attached to an aromatic ring is 1. The molecule has 0 unspecified atom stereocenters. The van der Waals surface area contributed by atoms with Crippen LogP contribution in [0.5, 0.6) is 0 Å². The lowest BCUT2D eigenvalue weighted by Gasteiger charge is -2.28. The minimum atomic E-state index is -0.380. The van der Waals surface area contributed by atoms with Crippen LogP contribution in [0, 0.1) is 6.92 Å². The summed E-state index contributed by atoms with van der Waals surface area (Å²) in [5.74, 6) is 0.0379. The first-order valence-electron chi connectivity index (χ1n) is 39.8. The van der Waals surface area contributed by atoms with E-state index in [-0.39, 0.29) is 68.6 Å². The van der Waals surface area contributed by atoms with Crippen LogP contribution in [-0.4, -0.2) is 135 Å². The number of rotatable bonds is 18. The molecule has 118 heavy (non-hydrogen) atoms. The molecule has 12 heterocycles. The summed E-state index contributed by atoms with van der Waals surface area (Å²) in [5, 5.41) is 16.8. The van der Waals surface area contributed by atoms with Gasteiger partial charge in [0.15, 0.2) is 0 Å². The molecule has 0 saturated carbocycles. The van der Waals surface area contributed by atoms with Gasteiger partial charge in [0.25, 0.3) is 45.9 Å². The number of benzene rings is 4. The number of H-pyrrole nitrogens is 4. The molecule has 0 spiro atoms. The molecule has 16 rings (SSSR count). The zero-order chi connectivity index (χ0) is 82.3. The Hall–Kier alpha value is -14.3. The summed E-state index contributed by atoms with van der Waals surface area (Å²) in [6, 6.07) is 47.6. The van der Waals surface area contributed by atoms with Gasteiger partial charge in [0.1, 0.15) is 34.4 Å². The number of pyridine rings is 7. The Morgan fingerprint density at radius 2 is 0.661 bits per heavy atom. The van der Waals surface area contributed by atoms with Gasteiger partial charge < -0.3 is 77.2 Å². The smallest absolute Gasteiger partial charge is 0.271 e. The highest BCUT2D eigenvalue weighted by molar-refractivity contribution is 6.07. The molecule has 4 saturated heterocycles.